The first-order valence-electron chi connectivity index (χ1n) is 9.85. The second-order valence-corrected chi connectivity index (χ2v) is 7.39. The third-order valence-electron chi connectivity index (χ3n) is 5.67. The Kier molecular flexibility index (Phi) is 5.64. The fraction of sp³-hybridized carbons (Fsp3) is 0.381. The zero-order valence-corrected chi connectivity index (χ0v) is 16.0. The molecule has 1 aliphatic carbocycles. The van der Waals surface area contributed by atoms with Gasteiger partial charge in [0.25, 0.3) is 0 Å². The summed E-state index contributed by atoms with van der Waals surface area (Å²) >= 11 is 0. The summed E-state index contributed by atoms with van der Waals surface area (Å²) in [4.78, 5) is 15.9. The second kappa shape index (κ2) is 8.50. The number of nitrogens with one attached hydrogen (secondary N) is 2. The molecule has 0 radical (unpaired) electrons. The molecule has 0 bridgehead atoms. The average molecular weight is 377 g/mol. The van der Waals surface area contributed by atoms with Crippen LogP contribution in [0.5, 0.6) is 0 Å². The van der Waals surface area contributed by atoms with Crippen LogP contribution in [-0.4, -0.2) is 40.6 Å². The van der Waals surface area contributed by atoms with E-state index in [9.17, 15) is 0 Å². The Morgan fingerprint density at radius 3 is 2.79 bits per heavy atom. The molecule has 7 nitrogen and oxygen atoms in total. The zero-order valence-electron chi connectivity index (χ0n) is 16.0. The third-order valence-corrected chi connectivity index (χ3v) is 5.67. The van der Waals surface area contributed by atoms with Gasteiger partial charge in [-0.25, -0.2) is 10.8 Å². The number of aromatic nitrogens is 2. The highest BCUT2D eigenvalue weighted by Gasteiger charge is 2.29. The van der Waals surface area contributed by atoms with Gasteiger partial charge < -0.3 is 10.3 Å². The van der Waals surface area contributed by atoms with E-state index in [2.05, 4.69) is 44.1 Å². The van der Waals surface area contributed by atoms with E-state index in [0.717, 1.165) is 61.4 Å². The number of nitrogens with two attached hydrogens (primary N) is 1. The van der Waals surface area contributed by atoms with E-state index in [1.807, 2.05) is 24.7 Å². The molecule has 4 N–H and O–H groups in total. The molecule has 2 aromatic heterocycles. The number of hydrogen-bond acceptors (Lipinski definition) is 6. The molecule has 1 fully saturated rings. The predicted octanol–water partition coefficient (Wildman–Crippen LogP) is 3.02. The third kappa shape index (κ3) is 3.90. The smallest absolute Gasteiger partial charge is 0.141 e. The molecule has 7 heteroatoms. The van der Waals surface area contributed by atoms with Crippen molar-refractivity contribution in [1.29, 1.82) is 0 Å². The number of allylic oxidation sites excluding steroid dienone is 1. The summed E-state index contributed by atoms with van der Waals surface area (Å²) in [5, 5.41) is 5.27. The molecule has 0 amide bonds. The molecule has 146 valence electrons. The van der Waals surface area contributed by atoms with Crippen LogP contribution >= 0.6 is 0 Å². The molecule has 2 aliphatic rings. The van der Waals surface area contributed by atoms with Crippen molar-refractivity contribution in [2.45, 2.75) is 38.1 Å². The Labute approximate surface area is 165 Å². The van der Waals surface area contributed by atoms with E-state index < -0.39 is 0 Å². The van der Waals surface area contributed by atoms with Crippen molar-refractivity contribution in [3.05, 3.63) is 53.6 Å². The van der Waals surface area contributed by atoms with Crippen molar-refractivity contribution in [1.82, 2.24) is 20.3 Å². The lowest BCUT2D eigenvalue weighted by Gasteiger charge is -2.32. The topological polar surface area (TPSA) is 94.7 Å². The largest absolute Gasteiger partial charge is 0.346 e. The lowest BCUT2D eigenvalue weighted by atomic mass is 9.82. The standard InChI is InChI=1S/C21H27N7/c1-23-19(20-18-9-13-26-21(18)27-14-28(20)22)16-2-4-17(5-3-16)25-12-8-15-6-10-24-11-7-15/h6-7,9-11,13-14,16-17,25-26H,1-5,8,12,22H2/b20-19-. The zero-order chi connectivity index (χ0) is 19.3. The Balaban J connectivity index is 1.37. The van der Waals surface area contributed by atoms with Crippen molar-refractivity contribution in [2.75, 3.05) is 6.54 Å². The summed E-state index contributed by atoms with van der Waals surface area (Å²) < 4.78 is 0. The molecule has 0 unspecified atom stereocenters. The number of rotatable bonds is 6. The minimum Gasteiger partial charge on any atom is -0.346 e. The van der Waals surface area contributed by atoms with Gasteiger partial charge in [-0.05, 0) is 69.1 Å². The Morgan fingerprint density at radius 1 is 1.25 bits per heavy atom. The highest BCUT2D eigenvalue weighted by molar-refractivity contribution is 5.87. The van der Waals surface area contributed by atoms with Crippen LogP contribution in [0, 0.1) is 5.92 Å². The van der Waals surface area contributed by atoms with Crippen LogP contribution in [0.25, 0.3) is 5.70 Å². The number of H-pyrrole nitrogens is 1. The summed E-state index contributed by atoms with van der Waals surface area (Å²) in [5.41, 5.74) is 4.20. The molecule has 3 heterocycles. The molecule has 0 aromatic carbocycles. The van der Waals surface area contributed by atoms with Gasteiger partial charge >= 0.3 is 0 Å². The molecule has 0 saturated heterocycles. The van der Waals surface area contributed by atoms with Gasteiger partial charge in [0.15, 0.2) is 0 Å². The lowest BCUT2D eigenvalue weighted by Crippen LogP contribution is -2.36. The Bertz CT molecular complexity index is 860. The number of aromatic amines is 1. The number of pyridine rings is 1. The van der Waals surface area contributed by atoms with Gasteiger partial charge in [-0.3, -0.25) is 15.0 Å². The summed E-state index contributed by atoms with van der Waals surface area (Å²) in [6.07, 6.45) is 12.7. The minimum atomic E-state index is 0.367. The first-order valence-corrected chi connectivity index (χ1v) is 9.85. The second-order valence-electron chi connectivity index (χ2n) is 7.39. The Morgan fingerprint density at radius 2 is 2.04 bits per heavy atom. The maximum atomic E-state index is 6.19. The van der Waals surface area contributed by atoms with E-state index in [-0.39, 0.29) is 0 Å². The van der Waals surface area contributed by atoms with E-state index >= 15 is 0 Å². The molecule has 0 spiro atoms. The number of hydrazine groups is 1. The summed E-state index contributed by atoms with van der Waals surface area (Å²) in [5.74, 6) is 7.38. The van der Waals surface area contributed by atoms with E-state index in [0.29, 0.717) is 12.0 Å². The number of aliphatic imine (C=N–C) groups is 2. The molecule has 4 rings (SSSR count). The van der Waals surface area contributed by atoms with Crippen LogP contribution in [0.4, 0.5) is 5.82 Å². The SMILES string of the molecule is C=N/C(=C1/c2cc[nH]c2N=CN1N)C1CCC(NCCc2ccncc2)CC1. The fourth-order valence-corrected chi connectivity index (χ4v) is 4.18. The van der Waals surface area contributed by atoms with Crippen LogP contribution in [0.2, 0.25) is 0 Å². The van der Waals surface area contributed by atoms with Crippen molar-refractivity contribution in [3.63, 3.8) is 0 Å². The molecule has 2 aromatic rings. The van der Waals surface area contributed by atoms with Crippen LogP contribution < -0.4 is 11.2 Å². The van der Waals surface area contributed by atoms with E-state index in [1.165, 1.54) is 5.56 Å². The Hall–Kier alpha value is -2.77. The van der Waals surface area contributed by atoms with Gasteiger partial charge in [-0.1, -0.05) is 0 Å². The van der Waals surface area contributed by atoms with Crippen LogP contribution in [0.15, 0.2) is 52.5 Å². The van der Waals surface area contributed by atoms with Crippen molar-refractivity contribution < 1.29 is 0 Å². The fourth-order valence-electron chi connectivity index (χ4n) is 4.18. The summed E-state index contributed by atoms with van der Waals surface area (Å²) in [6, 6.07) is 6.71. The van der Waals surface area contributed by atoms with Gasteiger partial charge in [0, 0.05) is 36.1 Å². The van der Waals surface area contributed by atoms with Gasteiger partial charge in [0.1, 0.15) is 12.2 Å². The van der Waals surface area contributed by atoms with Gasteiger partial charge in [-0.15, -0.1) is 0 Å². The monoisotopic (exact) mass is 377 g/mol. The molecule has 0 atom stereocenters. The summed E-state index contributed by atoms with van der Waals surface area (Å²) in [7, 11) is 0. The average Bonchev–Trinajstić information content (AvgIpc) is 3.21. The van der Waals surface area contributed by atoms with Gasteiger partial charge in [-0.2, -0.15) is 0 Å². The quantitative estimate of drug-likeness (QED) is 0.533. The van der Waals surface area contributed by atoms with Crippen LogP contribution in [-0.2, 0) is 6.42 Å². The first kappa shape index (κ1) is 18.6. The van der Waals surface area contributed by atoms with Crippen molar-refractivity contribution >= 4 is 24.6 Å². The molecular weight excluding hydrogens is 350 g/mol. The normalized spacial score (nSPS) is 23.4. The van der Waals surface area contributed by atoms with Gasteiger partial charge in [0.2, 0.25) is 0 Å². The molecule has 1 aliphatic heterocycles. The molecule has 1 saturated carbocycles. The highest BCUT2D eigenvalue weighted by Crippen LogP contribution is 2.39. The predicted molar refractivity (Wildman–Crippen MR) is 113 cm³/mol. The van der Waals surface area contributed by atoms with Crippen LogP contribution in [0.1, 0.15) is 36.8 Å². The minimum absolute atomic E-state index is 0.367. The summed E-state index contributed by atoms with van der Waals surface area (Å²) in [6.45, 7) is 4.83. The van der Waals surface area contributed by atoms with Crippen molar-refractivity contribution in [3.8, 4) is 0 Å². The molecular formula is C21H27N7. The highest BCUT2D eigenvalue weighted by atomic mass is 15.4. The van der Waals surface area contributed by atoms with Crippen LogP contribution in [0.3, 0.4) is 0 Å². The maximum Gasteiger partial charge on any atom is 0.141 e. The maximum absolute atomic E-state index is 6.19. The number of hydrogen-bond donors (Lipinski definition) is 3. The van der Waals surface area contributed by atoms with Gasteiger partial charge in [0.05, 0.1) is 11.4 Å². The van der Waals surface area contributed by atoms with E-state index in [4.69, 9.17) is 5.84 Å². The van der Waals surface area contributed by atoms with E-state index in [1.54, 1.807) is 11.3 Å². The lowest BCUT2D eigenvalue weighted by molar-refractivity contribution is 0.318. The number of nitrogens with zero attached hydrogens (tertiary/aromatic N) is 4. The molecule has 28 heavy (non-hydrogen) atoms. The first-order chi connectivity index (χ1) is 13.8. The van der Waals surface area contributed by atoms with Crippen molar-refractivity contribution in [2.24, 2.45) is 21.7 Å². The number of fused-ring (bicyclic) bond motifs is 1.